The first-order chi connectivity index (χ1) is 8.70. The monoisotopic (exact) mass is 286 g/mol. The number of hydrogen-bond acceptors (Lipinski definition) is 3. The van der Waals surface area contributed by atoms with Crippen molar-refractivity contribution in [3.63, 3.8) is 0 Å². The Balaban J connectivity index is 2.67. The van der Waals surface area contributed by atoms with Crippen LogP contribution in [-0.2, 0) is 9.53 Å². The van der Waals surface area contributed by atoms with Gasteiger partial charge in [-0.2, -0.15) is 0 Å². The van der Waals surface area contributed by atoms with E-state index in [-0.39, 0.29) is 28.5 Å². The number of nitrogens with two attached hydrogens (primary N) is 1. The first kappa shape index (κ1) is 16.4. The molecule has 0 aromatic carbocycles. The van der Waals surface area contributed by atoms with E-state index in [2.05, 4.69) is 19.2 Å². The number of hydrogen-bond donors (Lipinski definition) is 2. The summed E-state index contributed by atoms with van der Waals surface area (Å²) in [4.78, 5) is 12.6. The van der Waals surface area contributed by atoms with Gasteiger partial charge in [0.2, 0.25) is 5.91 Å². The van der Waals surface area contributed by atoms with E-state index in [9.17, 15) is 4.79 Å². The van der Waals surface area contributed by atoms with Gasteiger partial charge in [-0.25, -0.2) is 0 Å². The Bertz CT molecular complexity index is 370. The number of rotatable bonds is 6. The Morgan fingerprint density at radius 1 is 1.53 bits per heavy atom. The highest BCUT2D eigenvalue weighted by Gasteiger charge is 2.51. The van der Waals surface area contributed by atoms with Crippen LogP contribution in [0.5, 0.6) is 0 Å². The minimum absolute atomic E-state index is 0.0451. The Morgan fingerprint density at radius 2 is 2.11 bits per heavy atom. The number of nitrogens with one attached hydrogen (secondary N) is 1. The molecule has 0 spiro atoms. The first-order valence-electron chi connectivity index (χ1n) is 6.92. The molecule has 0 heterocycles. The minimum Gasteiger partial charge on any atom is -0.392 e. The number of carbonyl (C=O) groups is 1. The number of thiocarbonyl (C=S) groups is 1. The van der Waals surface area contributed by atoms with E-state index in [1.54, 1.807) is 6.92 Å². The van der Waals surface area contributed by atoms with Gasteiger partial charge in [-0.3, -0.25) is 4.79 Å². The van der Waals surface area contributed by atoms with E-state index in [4.69, 9.17) is 22.7 Å². The summed E-state index contributed by atoms with van der Waals surface area (Å²) in [6.07, 6.45) is 1.67. The summed E-state index contributed by atoms with van der Waals surface area (Å²) in [7, 11) is 0. The van der Waals surface area contributed by atoms with Crippen LogP contribution in [0.2, 0.25) is 0 Å². The lowest BCUT2D eigenvalue weighted by Gasteiger charge is -2.52. The van der Waals surface area contributed by atoms with E-state index in [0.717, 1.165) is 6.42 Å². The van der Waals surface area contributed by atoms with Gasteiger partial charge in [0.1, 0.15) is 0 Å². The highest BCUT2D eigenvalue weighted by molar-refractivity contribution is 7.80. The maximum atomic E-state index is 12.4. The van der Waals surface area contributed by atoms with Gasteiger partial charge in [-0.05, 0) is 26.7 Å². The Morgan fingerprint density at radius 3 is 2.47 bits per heavy atom. The van der Waals surface area contributed by atoms with E-state index in [0.29, 0.717) is 13.0 Å². The topological polar surface area (TPSA) is 64.3 Å². The van der Waals surface area contributed by atoms with Crippen molar-refractivity contribution in [3.05, 3.63) is 0 Å². The van der Waals surface area contributed by atoms with Crippen LogP contribution >= 0.6 is 12.2 Å². The number of ether oxygens (including phenoxy) is 1. The molecule has 0 saturated heterocycles. The number of amides is 1. The summed E-state index contributed by atoms with van der Waals surface area (Å²) in [6.45, 7) is 10.7. The van der Waals surface area contributed by atoms with Gasteiger partial charge < -0.3 is 15.8 Å². The molecule has 19 heavy (non-hydrogen) atoms. The molecule has 1 rings (SSSR count). The summed E-state index contributed by atoms with van der Waals surface area (Å²) in [5.74, 6) is -0.0736. The van der Waals surface area contributed by atoms with Gasteiger partial charge in [0, 0.05) is 18.1 Å². The van der Waals surface area contributed by atoms with E-state index in [1.165, 1.54) is 0 Å². The molecule has 0 aliphatic heterocycles. The molecular formula is C14H26N2O2S. The zero-order chi connectivity index (χ0) is 14.8. The van der Waals surface area contributed by atoms with Crippen molar-refractivity contribution >= 4 is 23.1 Å². The van der Waals surface area contributed by atoms with Crippen molar-refractivity contribution < 1.29 is 9.53 Å². The van der Waals surface area contributed by atoms with Gasteiger partial charge in [-0.1, -0.05) is 33.0 Å². The Labute approximate surface area is 121 Å². The molecule has 1 fully saturated rings. The molecule has 3 atom stereocenters. The molecule has 5 heteroatoms. The Kier molecular flexibility index (Phi) is 4.96. The normalized spacial score (nSPS) is 28.1. The van der Waals surface area contributed by atoms with Crippen LogP contribution < -0.4 is 11.1 Å². The van der Waals surface area contributed by atoms with Crippen molar-refractivity contribution in [3.8, 4) is 0 Å². The van der Waals surface area contributed by atoms with Crippen molar-refractivity contribution in [1.82, 2.24) is 5.32 Å². The second-order valence-corrected chi connectivity index (χ2v) is 6.52. The third kappa shape index (κ3) is 2.92. The molecule has 1 amide bonds. The summed E-state index contributed by atoms with van der Waals surface area (Å²) < 4.78 is 5.66. The molecule has 3 N–H and O–H groups in total. The lowest BCUT2D eigenvalue weighted by molar-refractivity contribution is -0.141. The SMILES string of the molecule is CCOC1CC(NC(=O)C(C)(CC)C(N)=S)C1(C)C. The largest absolute Gasteiger partial charge is 0.392 e. The van der Waals surface area contributed by atoms with Crippen LogP contribution in [0.4, 0.5) is 0 Å². The maximum absolute atomic E-state index is 12.4. The fourth-order valence-electron chi connectivity index (χ4n) is 2.38. The second-order valence-electron chi connectivity index (χ2n) is 6.08. The van der Waals surface area contributed by atoms with Crippen LogP contribution in [-0.4, -0.2) is 29.6 Å². The van der Waals surface area contributed by atoms with Gasteiger partial charge in [0.05, 0.1) is 16.5 Å². The van der Waals surface area contributed by atoms with E-state index >= 15 is 0 Å². The third-order valence-corrected chi connectivity index (χ3v) is 5.05. The fourth-order valence-corrected chi connectivity index (χ4v) is 2.62. The predicted molar refractivity (Wildman–Crippen MR) is 80.9 cm³/mol. The van der Waals surface area contributed by atoms with Crippen LogP contribution in [0.15, 0.2) is 0 Å². The van der Waals surface area contributed by atoms with Crippen LogP contribution in [0.3, 0.4) is 0 Å². The predicted octanol–water partition coefficient (Wildman–Crippen LogP) is 2.01. The second kappa shape index (κ2) is 5.75. The van der Waals surface area contributed by atoms with Gasteiger partial charge >= 0.3 is 0 Å². The standard InChI is InChI=1S/C14H26N2O2S/c1-6-14(5,11(15)19)12(17)16-9-8-10(18-7-2)13(9,3)4/h9-10H,6-8H2,1-5H3,(H2,15,19)(H,16,17). The zero-order valence-corrected chi connectivity index (χ0v) is 13.4. The molecule has 1 aliphatic carbocycles. The molecule has 0 radical (unpaired) electrons. The summed E-state index contributed by atoms with van der Waals surface area (Å²) in [5, 5.41) is 3.08. The van der Waals surface area contributed by atoms with E-state index in [1.807, 2.05) is 13.8 Å². The molecule has 0 aromatic rings. The van der Waals surface area contributed by atoms with Crippen molar-refractivity contribution in [2.45, 2.75) is 59.6 Å². The summed E-state index contributed by atoms with van der Waals surface area (Å²) >= 11 is 5.03. The average molecular weight is 286 g/mol. The van der Waals surface area contributed by atoms with Crippen molar-refractivity contribution in [2.75, 3.05) is 6.61 Å². The average Bonchev–Trinajstić information content (AvgIpc) is 2.35. The van der Waals surface area contributed by atoms with E-state index < -0.39 is 5.41 Å². The molecule has 1 aliphatic rings. The van der Waals surface area contributed by atoms with Crippen molar-refractivity contribution in [2.24, 2.45) is 16.6 Å². The first-order valence-corrected chi connectivity index (χ1v) is 7.33. The lowest BCUT2D eigenvalue weighted by Crippen LogP contribution is -2.64. The van der Waals surface area contributed by atoms with Crippen LogP contribution in [0.25, 0.3) is 0 Å². The quantitative estimate of drug-likeness (QED) is 0.733. The molecule has 3 unspecified atom stereocenters. The molecule has 0 aromatic heterocycles. The molecule has 4 nitrogen and oxygen atoms in total. The summed E-state index contributed by atoms with van der Waals surface area (Å²) in [5.41, 5.74) is 4.90. The molecule has 1 saturated carbocycles. The zero-order valence-electron chi connectivity index (χ0n) is 12.6. The highest BCUT2D eigenvalue weighted by atomic mass is 32.1. The molecule has 0 bridgehead atoms. The highest BCUT2D eigenvalue weighted by Crippen LogP contribution is 2.43. The smallest absolute Gasteiger partial charge is 0.232 e. The Hall–Kier alpha value is -0.680. The fraction of sp³-hybridized carbons (Fsp3) is 0.857. The summed E-state index contributed by atoms with van der Waals surface area (Å²) in [6, 6.07) is 0.122. The van der Waals surface area contributed by atoms with Crippen molar-refractivity contribution in [1.29, 1.82) is 0 Å². The maximum Gasteiger partial charge on any atom is 0.232 e. The van der Waals surface area contributed by atoms with Crippen LogP contribution in [0.1, 0.15) is 47.5 Å². The van der Waals surface area contributed by atoms with Gasteiger partial charge in [0.25, 0.3) is 0 Å². The van der Waals surface area contributed by atoms with Gasteiger partial charge in [0.15, 0.2) is 0 Å². The molecular weight excluding hydrogens is 260 g/mol. The molecule has 110 valence electrons. The van der Waals surface area contributed by atoms with Gasteiger partial charge in [-0.15, -0.1) is 0 Å². The lowest BCUT2D eigenvalue weighted by atomic mass is 9.64. The third-order valence-electron chi connectivity index (χ3n) is 4.60. The van der Waals surface area contributed by atoms with Crippen LogP contribution in [0, 0.1) is 10.8 Å². The minimum atomic E-state index is -0.762. The number of carbonyl (C=O) groups excluding carboxylic acids is 1.